The van der Waals surface area contributed by atoms with Crippen molar-refractivity contribution in [2.75, 3.05) is 33.2 Å². The van der Waals surface area contributed by atoms with E-state index in [0.29, 0.717) is 5.54 Å². The summed E-state index contributed by atoms with van der Waals surface area (Å²) in [6, 6.07) is 0.866. The average molecular weight is 251 g/mol. The second kappa shape index (κ2) is 5.10. The van der Waals surface area contributed by atoms with Crippen LogP contribution in [0.3, 0.4) is 0 Å². The summed E-state index contributed by atoms with van der Waals surface area (Å²) in [5.74, 6) is 0.988. The van der Waals surface area contributed by atoms with Gasteiger partial charge in [0.05, 0.1) is 0 Å². The van der Waals surface area contributed by atoms with Crippen molar-refractivity contribution in [2.45, 2.75) is 56.5 Å². The number of piperidine rings is 2. The van der Waals surface area contributed by atoms with Gasteiger partial charge in [0.25, 0.3) is 0 Å². The van der Waals surface area contributed by atoms with Crippen molar-refractivity contribution in [3.63, 3.8) is 0 Å². The van der Waals surface area contributed by atoms with E-state index in [1.54, 1.807) is 0 Å². The van der Waals surface area contributed by atoms with Gasteiger partial charge in [-0.05, 0) is 71.1 Å². The first kappa shape index (κ1) is 12.9. The smallest absolute Gasteiger partial charge is 0.0359 e. The van der Waals surface area contributed by atoms with Crippen LogP contribution in [0.2, 0.25) is 0 Å². The van der Waals surface area contributed by atoms with Crippen LogP contribution in [0.1, 0.15) is 44.9 Å². The molecule has 3 aliphatic rings. The molecule has 2 aliphatic heterocycles. The van der Waals surface area contributed by atoms with Gasteiger partial charge in [0.2, 0.25) is 0 Å². The van der Waals surface area contributed by atoms with E-state index in [2.05, 4.69) is 16.8 Å². The molecule has 1 saturated carbocycles. The zero-order chi connectivity index (χ0) is 12.6. The normalized spacial score (nSPS) is 37.7. The monoisotopic (exact) mass is 251 g/mol. The fourth-order valence-electron chi connectivity index (χ4n) is 4.69. The SMILES string of the molecule is CN1CCC(CN)(N2CCCC3CCCC32)CC1. The van der Waals surface area contributed by atoms with Crippen LogP contribution in [0.15, 0.2) is 0 Å². The summed E-state index contributed by atoms with van der Waals surface area (Å²) in [7, 11) is 2.25. The molecule has 1 aliphatic carbocycles. The van der Waals surface area contributed by atoms with Gasteiger partial charge in [-0.3, -0.25) is 4.90 Å². The predicted molar refractivity (Wildman–Crippen MR) is 75.6 cm³/mol. The van der Waals surface area contributed by atoms with Crippen LogP contribution >= 0.6 is 0 Å². The Morgan fingerprint density at radius 3 is 2.50 bits per heavy atom. The highest BCUT2D eigenvalue weighted by Crippen LogP contribution is 2.42. The fraction of sp³-hybridized carbons (Fsp3) is 1.00. The van der Waals surface area contributed by atoms with E-state index in [1.165, 1.54) is 64.6 Å². The van der Waals surface area contributed by atoms with Crippen molar-refractivity contribution in [3.8, 4) is 0 Å². The van der Waals surface area contributed by atoms with Crippen molar-refractivity contribution >= 4 is 0 Å². The van der Waals surface area contributed by atoms with Crippen LogP contribution in [0, 0.1) is 5.92 Å². The minimum absolute atomic E-state index is 0.334. The van der Waals surface area contributed by atoms with Gasteiger partial charge in [0.15, 0.2) is 0 Å². The number of fused-ring (bicyclic) bond motifs is 1. The number of likely N-dealkylation sites (tertiary alicyclic amines) is 2. The number of nitrogens with zero attached hydrogens (tertiary/aromatic N) is 2. The Labute approximate surface area is 112 Å². The van der Waals surface area contributed by atoms with E-state index >= 15 is 0 Å². The third kappa shape index (κ3) is 2.10. The lowest BCUT2D eigenvalue weighted by molar-refractivity contribution is -0.0297. The molecule has 2 saturated heterocycles. The summed E-state index contributed by atoms with van der Waals surface area (Å²) in [5, 5.41) is 0. The lowest BCUT2D eigenvalue weighted by atomic mass is 9.80. The lowest BCUT2D eigenvalue weighted by Gasteiger charge is -2.53. The Hall–Kier alpha value is -0.120. The van der Waals surface area contributed by atoms with Gasteiger partial charge in [-0.15, -0.1) is 0 Å². The largest absolute Gasteiger partial charge is 0.329 e. The standard InChI is InChI=1S/C15H29N3/c1-17-10-7-15(12-16,8-11-17)18-9-3-5-13-4-2-6-14(13)18/h13-14H,2-12,16H2,1H3. The van der Waals surface area contributed by atoms with Crippen molar-refractivity contribution < 1.29 is 0 Å². The van der Waals surface area contributed by atoms with Gasteiger partial charge in [0.1, 0.15) is 0 Å². The predicted octanol–water partition coefficient (Wildman–Crippen LogP) is 1.67. The fourth-order valence-corrected chi connectivity index (χ4v) is 4.69. The zero-order valence-electron chi connectivity index (χ0n) is 11.9. The Kier molecular flexibility index (Phi) is 3.65. The second-order valence-electron chi connectivity index (χ2n) is 6.83. The maximum atomic E-state index is 6.24. The third-order valence-electron chi connectivity index (χ3n) is 5.90. The van der Waals surface area contributed by atoms with Gasteiger partial charge in [-0.2, -0.15) is 0 Å². The molecule has 18 heavy (non-hydrogen) atoms. The van der Waals surface area contributed by atoms with Crippen LogP contribution in [0.25, 0.3) is 0 Å². The van der Waals surface area contributed by atoms with E-state index in [4.69, 9.17) is 5.73 Å². The molecule has 0 amide bonds. The number of rotatable bonds is 2. The molecule has 0 aromatic heterocycles. The summed E-state index contributed by atoms with van der Waals surface area (Å²) < 4.78 is 0. The molecule has 0 aromatic carbocycles. The number of hydrogen-bond donors (Lipinski definition) is 1. The maximum absolute atomic E-state index is 6.24. The van der Waals surface area contributed by atoms with Gasteiger partial charge in [-0.1, -0.05) is 6.42 Å². The summed E-state index contributed by atoms with van der Waals surface area (Å²) in [4.78, 5) is 5.32. The first-order valence-corrected chi connectivity index (χ1v) is 7.90. The highest BCUT2D eigenvalue weighted by molar-refractivity contribution is 5.02. The van der Waals surface area contributed by atoms with Gasteiger partial charge >= 0.3 is 0 Å². The van der Waals surface area contributed by atoms with Crippen molar-refractivity contribution in [1.29, 1.82) is 0 Å². The van der Waals surface area contributed by atoms with E-state index in [0.717, 1.165) is 18.5 Å². The van der Waals surface area contributed by atoms with Crippen molar-refractivity contribution in [3.05, 3.63) is 0 Å². The topological polar surface area (TPSA) is 32.5 Å². The Bertz CT molecular complexity index is 283. The molecule has 3 fully saturated rings. The third-order valence-corrected chi connectivity index (χ3v) is 5.90. The number of nitrogens with two attached hydrogens (primary N) is 1. The average Bonchev–Trinajstić information content (AvgIpc) is 2.88. The van der Waals surface area contributed by atoms with Crippen LogP contribution in [0.5, 0.6) is 0 Å². The van der Waals surface area contributed by atoms with Crippen LogP contribution in [0.4, 0.5) is 0 Å². The van der Waals surface area contributed by atoms with Crippen molar-refractivity contribution in [2.24, 2.45) is 11.7 Å². The highest BCUT2D eigenvalue weighted by atomic mass is 15.3. The van der Waals surface area contributed by atoms with Crippen LogP contribution in [-0.2, 0) is 0 Å². The summed E-state index contributed by atoms with van der Waals surface area (Å²) in [6.07, 6.45) is 9.79. The minimum Gasteiger partial charge on any atom is -0.329 e. The summed E-state index contributed by atoms with van der Waals surface area (Å²) in [6.45, 7) is 4.63. The van der Waals surface area contributed by atoms with Gasteiger partial charge in [0, 0.05) is 18.1 Å². The summed E-state index contributed by atoms with van der Waals surface area (Å²) in [5.41, 5.74) is 6.57. The molecular weight excluding hydrogens is 222 g/mol. The first-order valence-electron chi connectivity index (χ1n) is 7.90. The molecular formula is C15H29N3. The first-order chi connectivity index (χ1) is 8.75. The van der Waals surface area contributed by atoms with E-state index in [-0.39, 0.29) is 0 Å². The molecule has 0 radical (unpaired) electrons. The molecule has 0 bridgehead atoms. The molecule has 3 rings (SSSR count). The van der Waals surface area contributed by atoms with E-state index < -0.39 is 0 Å². The molecule has 3 nitrogen and oxygen atoms in total. The van der Waals surface area contributed by atoms with E-state index in [1.807, 2.05) is 0 Å². The highest BCUT2D eigenvalue weighted by Gasteiger charge is 2.46. The quantitative estimate of drug-likeness (QED) is 0.810. The second-order valence-corrected chi connectivity index (χ2v) is 6.83. The van der Waals surface area contributed by atoms with Gasteiger partial charge in [-0.25, -0.2) is 0 Å². The Morgan fingerprint density at radius 1 is 1.06 bits per heavy atom. The Morgan fingerprint density at radius 2 is 1.78 bits per heavy atom. The minimum atomic E-state index is 0.334. The van der Waals surface area contributed by atoms with E-state index in [9.17, 15) is 0 Å². The molecule has 2 heterocycles. The summed E-state index contributed by atoms with van der Waals surface area (Å²) >= 11 is 0. The van der Waals surface area contributed by atoms with Gasteiger partial charge < -0.3 is 10.6 Å². The van der Waals surface area contributed by atoms with Crippen LogP contribution < -0.4 is 5.73 Å². The Balaban J connectivity index is 1.77. The maximum Gasteiger partial charge on any atom is 0.0359 e. The molecule has 2 unspecified atom stereocenters. The molecule has 0 spiro atoms. The molecule has 2 N–H and O–H groups in total. The molecule has 2 atom stereocenters. The zero-order valence-corrected chi connectivity index (χ0v) is 11.9. The molecule has 104 valence electrons. The molecule has 3 heteroatoms. The number of hydrogen-bond acceptors (Lipinski definition) is 3. The van der Waals surface area contributed by atoms with Crippen molar-refractivity contribution in [1.82, 2.24) is 9.80 Å². The van der Waals surface area contributed by atoms with Crippen LogP contribution in [-0.4, -0.2) is 54.6 Å². The molecule has 0 aromatic rings. The lowest BCUT2D eigenvalue weighted by Crippen LogP contribution is -2.63.